The van der Waals surface area contributed by atoms with Crippen molar-refractivity contribution in [1.82, 2.24) is 0 Å². The zero-order valence-electron chi connectivity index (χ0n) is 27.7. The quantitative estimate of drug-likeness (QED) is 0.292. The van der Waals surface area contributed by atoms with Gasteiger partial charge in [-0.15, -0.1) is 0 Å². The Hall–Kier alpha value is -3.93. The third-order valence-electron chi connectivity index (χ3n) is 6.17. The van der Waals surface area contributed by atoms with Crippen LogP contribution in [0.25, 0.3) is 0 Å². The fourth-order valence-electron chi connectivity index (χ4n) is 3.96. The van der Waals surface area contributed by atoms with E-state index < -0.39 is 0 Å². The van der Waals surface area contributed by atoms with Crippen molar-refractivity contribution >= 4 is 34.8 Å². The highest BCUT2D eigenvalue weighted by Crippen LogP contribution is 2.29. The minimum atomic E-state index is -0.0338. The van der Waals surface area contributed by atoms with Crippen LogP contribution in [-0.4, -0.2) is 17.7 Å². The Kier molecular flexibility index (Phi) is 13.2. The van der Waals surface area contributed by atoms with E-state index in [2.05, 4.69) is 84.3 Å². The average Bonchev–Trinajstić information content (AvgIpc) is 2.83. The van der Waals surface area contributed by atoms with Gasteiger partial charge in [0.15, 0.2) is 0 Å². The molecule has 0 atom stereocenters. The van der Waals surface area contributed by atoms with Crippen LogP contribution in [0.1, 0.15) is 99.8 Å². The highest BCUT2D eigenvalue weighted by atomic mass is 16.2. The number of benzene rings is 3. The predicted octanol–water partition coefficient (Wildman–Crippen LogP) is 8.83. The van der Waals surface area contributed by atoms with Crippen LogP contribution in [0.4, 0.5) is 17.1 Å². The second-order valence-electron chi connectivity index (χ2n) is 13.5. The van der Waals surface area contributed by atoms with Gasteiger partial charge in [0.2, 0.25) is 17.7 Å². The number of nitrogens with one attached hydrogen (secondary N) is 3. The van der Waals surface area contributed by atoms with Crippen LogP contribution in [0, 0.1) is 0 Å². The lowest BCUT2D eigenvalue weighted by Crippen LogP contribution is -2.16. The molecule has 0 saturated carbocycles. The average molecular weight is 574 g/mol. The van der Waals surface area contributed by atoms with Crippen molar-refractivity contribution in [2.24, 2.45) is 0 Å². The zero-order valence-corrected chi connectivity index (χ0v) is 27.7. The van der Waals surface area contributed by atoms with Crippen molar-refractivity contribution in [3.05, 3.63) is 89.5 Å². The fourth-order valence-corrected chi connectivity index (χ4v) is 3.96. The standard InChI is InChI=1S/3C12H17NO/c1-9(14)13-11-7-5-10(6-8-11)12(2,3)4;1-9(14)13-11-7-5-6-10(8-11)12(2,3)4;1-9(14)13-11-8-6-5-7-10(11)12(2,3)4/h3*5-8H,1-4H3,(H,13,14). The van der Waals surface area contributed by atoms with Crippen molar-refractivity contribution in [3.63, 3.8) is 0 Å². The second kappa shape index (κ2) is 15.3. The molecule has 0 fully saturated rings. The third kappa shape index (κ3) is 13.6. The summed E-state index contributed by atoms with van der Waals surface area (Å²) in [5.41, 5.74) is 6.62. The number of hydrogen-bond donors (Lipinski definition) is 3. The van der Waals surface area contributed by atoms with Crippen LogP contribution in [0.15, 0.2) is 72.8 Å². The lowest BCUT2D eigenvalue weighted by Gasteiger charge is -2.22. The first kappa shape index (κ1) is 36.1. The summed E-state index contributed by atoms with van der Waals surface area (Å²) in [6.07, 6.45) is 0. The van der Waals surface area contributed by atoms with E-state index in [1.807, 2.05) is 66.7 Å². The molecule has 6 heteroatoms. The molecular weight excluding hydrogens is 522 g/mol. The number of amides is 3. The molecule has 0 spiro atoms. The Morgan fingerprint density at radius 2 is 0.952 bits per heavy atom. The van der Waals surface area contributed by atoms with Gasteiger partial charge >= 0.3 is 0 Å². The fraction of sp³-hybridized carbons (Fsp3) is 0.417. The number of rotatable bonds is 3. The third-order valence-corrected chi connectivity index (χ3v) is 6.17. The van der Waals surface area contributed by atoms with Gasteiger partial charge in [-0.2, -0.15) is 0 Å². The van der Waals surface area contributed by atoms with Gasteiger partial charge in [-0.25, -0.2) is 0 Å². The van der Waals surface area contributed by atoms with Gasteiger partial charge in [-0.1, -0.05) is 105 Å². The molecule has 0 aliphatic rings. The maximum Gasteiger partial charge on any atom is 0.221 e. The number of hydrogen-bond acceptors (Lipinski definition) is 3. The van der Waals surface area contributed by atoms with E-state index in [4.69, 9.17) is 0 Å². The van der Waals surface area contributed by atoms with Gasteiger partial charge in [0.1, 0.15) is 0 Å². The highest BCUT2D eigenvalue weighted by molar-refractivity contribution is 5.90. The van der Waals surface area contributed by atoms with Crippen molar-refractivity contribution in [3.8, 4) is 0 Å². The van der Waals surface area contributed by atoms with Gasteiger partial charge in [0.25, 0.3) is 0 Å². The van der Waals surface area contributed by atoms with Crippen LogP contribution in [0.5, 0.6) is 0 Å². The molecule has 6 nitrogen and oxygen atoms in total. The summed E-state index contributed by atoms with van der Waals surface area (Å²) in [7, 11) is 0. The summed E-state index contributed by atoms with van der Waals surface area (Å²) in [5.74, 6) is -0.0914. The molecule has 0 unspecified atom stereocenters. The molecular formula is C36H51N3O3. The smallest absolute Gasteiger partial charge is 0.221 e. The summed E-state index contributed by atoms with van der Waals surface area (Å²) >= 11 is 0. The van der Waals surface area contributed by atoms with Crippen molar-refractivity contribution < 1.29 is 14.4 Å². The molecule has 0 aliphatic heterocycles. The molecule has 0 saturated heterocycles. The highest BCUT2D eigenvalue weighted by Gasteiger charge is 2.17. The SMILES string of the molecule is CC(=O)Nc1ccc(C(C)(C)C)cc1.CC(=O)Nc1cccc(C(C)(C)C)c1.CC(=O)Nc1ccccc1C(C)(C)C. The molecule has 0 heterocycles. The first-order valence-corrected chi connectivity index (χ1v) is 14.3. The molecule has 3 aromatic rings. The van der Waals surface area contributed by atoms with E-state index >= 15 is 0 Å². The summed E-state index contributed by atoms with van der Waals surface area (Å²) in [5, 5.41) is 8.36. The molecule has 3 aromatic carbocycles. The monoisotopic (exact) mass is 573 g/mol. The second-order valence-corrected chi connectivity index (χ2v) is 13.5. The minimum Gasteiger partial charge on any atom is -0.326 e. The predicted molar refractivity (Wildman–Crippen MR) is 178 cm³/mol. The van der Waals surface area contributed by atoms with E-state index in [9.17, 15) is 14.4 Å². The zero-order chi connectivity index (χ0) is 32.3. The largest absolute Gasteiger partial charge is 0.326 e. The molecule has 3 rings (SSSR count). The minimum absolute atomic E-state index is 0.0262. The van der Waals surface area contributed by atoms with E-state index in [0.29, 0.717) is 0 Å². The summed E-state index contributed by atoms with van der Waals surface area (Å²) in [6.45, 7) is 23.9. The molecule has 228 valence electrons. The van der Waals surface area contributed by atoms with E-state index in [-0.39, 0.29) is 34.0 Å². The molecule has 3 amide bonds. The van der Waals surface area contributed by atoms with Crippen LogP contribution in [0.3, 0.4) is 0 Å². The lowest BCUT2D eigenvalue weighted by atomic mass is 9.86. The Balaban J connectivity index is 0.000000315. The Morgan fingerprint density at radius 1 is 0.476 bits per heavy atom. The number of carbonyl (C=O) groups excluding carboxylic acids is 3. The van der Waals surface area contributed by atoms with Gasteiger partial charge in [0, 0.05) is 37.8 Å². The number of anilines is 3. The number of carbonyl (C=O) groups is 3. The van der Waals surface area contributed by atoms with Crippen molar-refractivity contribution in [1.29, 1.82) is 0 Å². The van der Waals surface area contributed by atoms with Crippen molar-refractivity contribution in [2.45, 2.75) is 99.3 Å². The Bertz CT molecular complexity index is 1320. The van der Waals surface area contributed by atoms with E-state index in [1.54, 1.807) is 0 Å². The number of para-hydroxylation sites is 1. The molecule has 0 aromatic heterocycles. The Morgan fingerprint density at radius 3 is 1.40 bits per heavy atom. The van der Waals surface area contributed by atoms with Crippen LogP contribution < -0.4 is 16.0 Å². The topological polar surface area (TPSA) is 87.3 Å². The first-order chi connectivity index (χ1) is 19.2. The molecule has 0 aliphatic carbocycles. The van der Waals surface area contributed by atoms with Gasteiger partial charge in [0.05, 0.1) is 0 Å². The van der Waals surface area contributed by atoms with Gasteiger partial charge in [-0.05, 0) is 63.3 Å². The van der Waals surface area contributed by atoms with E-state index in [0.717, 1.165) is 22.6 Å². The first-order valence-electron chi connectivity index (χ1n) is 14.3. The van der Waals surface area contributed by atoms with Crippen LogP contribution in [-0.2, 0) is 30.6 Å². The van der Waals surface area contributed by atoms with Crippen LogP contribution in [0.2, 0.25) is 0 Å². The van der Waals surface area contributed by atoms with Crippen molar-refractivity contribution in [2.75, 3.05) is 16.0 Å². The van der Waals surface area contributed by atoms with Crippen LogP contribution >= 0.6 is 0 Å². The maximum atomic E-state index is 11.0. The van der Waals surface area contributed by atoms with Gasteiger partial charge in [-0.3, -0.25) is 14.4 Å². The van der Waals surface area contributed by atoms with Gasteiger partial charge < -0.3 is 16.0 Å². The molecule has 3 N–H and O–H groups in total. The normalized spacial score (nSPS) is 11.1. The molecule has 42 heavy (non-hydrogen) atoms. The lowest BCUT2D eigenvalue weighted by molar-refractivity contribution is -0.115. The molecule has 0 radical (unpaired) electrons. The maximum absolute atomic E-state index is 11.0. The summed E-state index contributed by atoms with van der Waals surface area (Å²) in [6, 6.07) is 23.8. The molecule has 0 bridgehead atoms. The Labute approximate surface area is 253 Å². The summed E-state index contributed by atoms with van der Waals surface area (Å²) in [4.78, 5) is 32.6. The summed E-state index contributed by atoms with van der Waals surface area (Å²) < 4.78 is 0. The van der Waals surface area contributed by atoms with E-state index in [1.165, 1.54) is 31.9 Å².